The minimum atomic E-state index is -1.04. The lowest BCUT2D eigenvalue weighted by atomic mass is 10.0. The highest BCUT2D eigenvalue weighted by molar-refractivity contribution is 5.96. The van der Waals surface area contributed by atoms with E-state index in [0.29, 0.717) is 29.7 Å². The standard InChI is InChI=1S/C25H29N5O5/c31-22(6-7-23(32)33)28-18-4-5-21-19(15-18)20(16-27-21)24(25(34)35)30-13-11-29(12-14-30)10-8-17-3-1-2-9-26-17/h1-5,9,15-16,24,27H,6-8,10-14H2,(H,28,31)(H,32,33)(H,34,35)/t24-/m1/s1. The first-order valence-electron chi connectivity index (χ1n) is 11.6. The third-order valence-corrected chi connectivity index (χ3v) is 6.27. The highest BCUT2D eigenvalue weighted by Gasteiger charge is 2.32. The Morgan fingerprint density at radius 2 is 1.86 bits per heavy atom. The molecule has 1 aromatic carbocycles. The zero-order chi connectivity index (χ0) is 24.8. The number of hydrogen-bond acceptors (Lipinski definition) is 6. The Labute approximate surface area is 202 Å². The second-order valence-corrected chi connectivity index (χ2v) is 8.64. The van der Waals surface area contributed by atoms with Crippen molar-refractivity contribution in [1.82, 2.24) is 19.8 Å². The fourth-order valence-electron chi connectivity index (χ4n) is 4.44. The zero-order valence-corrected chi connectivity index (χ0v) is 19.3. The summed E-state index contributed by atoms with van der Waals surface area (Å²) in [5.74, 6) is -2.37. The van der Waals surface area contributed by atoms with Crippen LogP contribution < -0.4 is 5.32 Å². The Balaban J connectivity index is 1.43. The smallest absolute Gasteiger partial charge is 0.325 e. The lowest BCUT2D eigenvalue weighted by Gasteiger charge is -2.37. The Morgan fingerprint density at radius 1 is 1.06 bits per heavy atom. The zero-order valence-electron chi connectivity index (χ0n) is 19.3. The number of anilines is 1. The second kappa shape index (κ2) is 11.1. The second-order valence-electron chi connectivity index (χ2n) is 8.64. The van der Waals surface area contributed by atoms with Crippen molar-refractivity contribution in [3.63, 3.8) is 0 Å². The molecule has 3 aromatic rings. The first-order valence-corrected chi connectivity index (χ1v) is 11.6. The van der Waals surface area contributed by atoms with Crippen molar-refractivity contribution >= 4 is 34.4 Å². The molecule has 1 aliphatic rings. The number of nitrogens with one attached hydrogen (secondary N) is 2. The highest BCUT2D eigenvalue weighted by atomic mass is 16.4. The Bertz CT molecular complexity index is 1190. The summed E-state index contributed by atoms with van der Waals surface area (Å²) in [6.45, 7) is 3.66. The number of aromatic nitrogens is 2. The fourth-order valence-corrected chi connectivity index (χ4v) is 4.44. The number of aliphatic carboxylic acids is 2. The van der Waals surface area contributed by atoms with Crippen molar-refractivity contribution in [2.75, 3.05) is 38.0 Å². The van der Waals surface area contributed by atoms with Crippen LogP contribution in [0.2, 0.25) is 0 Å². The van der Waals surface area contributed by atoms with Crippen molar-refractivity contribution in [1.29, 1.82) is 0 Å². The number of carboxylic acids is 2. The van der Waals surface area contributed by atoms with Crippen LogP contribution in [0.3, 0.4) is 0 Å². The summed E-state index contributed by atoms with van der Waals surface area (Å²) in [5.41, 5.74) is 2.94. The molecule has 4 rings (SSSR count). The molecule has 0 radical (unpaired) electrons. The van der Waals surface area contributed by atoms with E-state index in [9.17, 15) is 19.5 Å². The molecular weight excluding hydrogens is 450 g/mol. The van der Waals surface area contributed by atoms with Gasteiger partial charge in [-0.3, -0.25) is 24.3 Å². The molecule has 3 heterocycles. The van der Waals surface area contributed by atoms with Crippen LogP contribution in [-0.2, 0) is 20.8 Å². The maximum atomic E-state index is 12.3. The van der Waals surface area contributed by atoms with E-state index in [2.05, 4.69) is 20.2 Å². The molecule has 10 heteroatoms. The van der Waals surface area contributed by atoms with Crippen molar-refractivity contribution in [3.8, 4) is 0 Å². The number of amides is 1. The highest BCUT2D eigenvalue weighted by Crippen LogP contribution is 2.31. The molecule has 1 fully saturated rings. The summed E-state index contributed by atoms with van der Waals surface area (Å²) in [6, 6.07) is 10.3. The van der Waals surface area contributed by atoms with E-state index in [1.54, 1.807) is 30.6 Å². The number of rotatable bonds is 10. The number of benzene rings is 1. The van der Waals surface area contributed by atoms with Crippen molar-refractivity contribution in [3.05, 3.63) is 60.0 Å². The summed E-state index contributed by atoms with van der Waals surface area (Å²) in [7, 11) is 0. The minimum Gasteiger partial charge on any atom is -0.481 e. The van der Waals surface area contributed by atoms with Gasteiger partial charge in [0.2, 0.25) is 5.91 Å². The molecule has 35 heavy (non-hydrogen) atoms. The van der Waals surface area contributed by atoms with E-state index in [0.717, 1.165) is 37.3 Å². The largest absolute Gasteiger partial charge is 0.481 e. The van der Waals surface area contributed by atoms with Gasteiger partial charge in [-0.05, 0) is 30.3 Å². The van der Waals surface area contributed by atoms with Gasteiger partial charge in [-0.2, -0.15) is 0 Å². The van der Waals surface area contributed by atoms with Crippen molar-refractivity contribution < 1.29 is 24.6 Å². The van der Waals surface area contributed by atoms with Gasteiger partial charge in [0.05, 0.1) is 6.42 Å². The monoisotopic (exact) mass is 479 g/mol. The summed E-state index contributed by atoms with van der Waals surface area (Å²) in [4.78, 5) is 46.9. The molecule has 4 N–H and O–H groups in total. The third kappa shape index (κ3) is 6.23. The van der Waals surface area contributed by atoms with Gasteiger partial charge >= 0.3 is 11.9 Å². The van der Waals surface area contributed by atoms with E-state index >= 15 is 0 Å². The predicted octanol–water partition coefficient (Wildman–Crippen LogP) is 2.35. The maximum Gasteiger partial charge on any atom is 0.325 e. The molecule has 184 valence electrons. The molecule has 0 spiro atoms. The Morgan fingerprint density at radius 3 is 2.54 bits per heavy atom. The van der Waals surface area contributed by atoms with Crippen LogP contribution in [0.4, 0.5) is 5.69 Å². The molecular formula is C25H29N5O5. The number of H-pyrrole nitrogens is 1. The van der Waals surface area contributed by atoms with Crippen LogP contribution in [0.5, 0.6) is 0 Å². The normalized spacial score (nSPS) is 15.7. The van der Waals surface area contributed by atoms with Gasteiger partial charge in [-0.15, -0.1) is 0 Å². The van der Waals surface area contributed by atoms with Gasteiger partial charge in [0.25, 0.3) is 0 Å². The molecule has 0 bridgehead atoms. The average Bonchev–Trinajstić information content (AvgIpc) is 3.25. The van der Waals surface area contributed by atoms with Gasteiger partial charge in [-0.1, -0.05) is 6.07 Å². The molecule has 1 amide bonds. The molecule has 1 saturated heterocycles. The molecule has 0 unspecified atom stereocenters. The van der Waals surface area contributed by atoms with Crippen LogP contribution >= 0.6 is 0 Å². The van der Waals surface area contributed by atoms with Gasteiger partial charge < -0.3 is 25.4 Å². The number of carboxylic acid groups (broad SMARTS) is 2. The van der Waals surface area contributed by atoms with Crippen LogP contribution in [-0.4, -0.2) is 80.6 Å². The van der Waals surface area contributed by atoms with Crippen LogP contribution in [0.25, 0.3) is 10.9 Å². The van der Waals surface area contributed by atoms with Crippen LogP contribution in [0.15, 0.2) is 48.8 Å². The quantitative estimate of drug-likeness (QED) is 0.348. The van der Waals surface area contributed by atoms with Crippen molar-refractivity contribution in [2.24, 2.45) is 0 Å². The van der Waals surface area contributed by atoms with Gasteiger partial charge in [-0.25, -0.2) is 0 Å². The lowest BCUT2D eigenvalue weighted by Crippen LogP contribution is -2.49. The minimum absolute atomic E-state index is 0.129. The Kier molecular flexibility index (Phi) is 7.74. The number of piperazine rings is 1. The number of carbonyl (C=O) groups excluding carboxylic acids is 1. The van der Waals surface area contributed by atoms with E-state index in [4.69, 9.17) is 5.11 Å². The van der Waals surface area contributed by atoms with E-state index in [1.807, 2.05) is 23.1 Å². The average molecular weight is 480 g/mol. The maximum absolute atomic E-state index is 12.3. The number of aromatic amines is 1. The first-order chi connectivity index (χ1) is 16.9. The molecule has 1 atom stereocenters. The van der Waals surface area contributed by atoms with Crippen LogP contribution in [0.1, 0.15) is 30.1 Å². The van der Waals surface area contributed by atoms with Gasteiger partial charge in [0.15, 0.2) is 0 Å². The summed E-state index contributed by atoms with van der Waals surface area (Å²) in [5, 5.41) is 22.3. The van der Waals surface area contributed by atoms with Gasteiger partial charge in [0.1, 0.15) is 6.04 Å². The first kappa shape index (κ1) is 24.4. The van der Waals surface area contributed by atoms with Gasteiger partial charge in [0, 0.05) is 85.8 Å². The fraction of sp³-hybridized carbons (Fsp3) is 0.360. The van der Waals surface area contributed by atoms with E-state index < -0.39 is 23.9 Å². The van der Waals surface area contributed by atoms with Crippen molar-refractivity contribution in [2.45, 2.75) is 25.3 Å². The number of fused-ring (bicyclic) bond motifs is 1. The molecule has 0 aliphatic carbocycles. The van der Waals surface area contributed by atoms with E-state index in [-0.39, 0.29) is 12.8 Å². The number of hydrogen-bond donors (Lipinski definition) is 4. The summed E-state index contributed by atoms with van der Waals surface area (Å²) >= 11 is 0. The SMILES string of the molecule is O=C(O)CCC(=O)Nc1ccc2[nH]cc([C@H](C(=O)O)N3CCN(CCc4ccccn4)CC3)c2c1. The molecule has 10 nitrogen and oxygen atoms in total. The summed E-state index contributed by atoms with van der Waals surface area (Å²) < 4.78 is 0. The topological polar surface area (TPSA) is 139 Å². The predicted molar refractivity (Wildman–Crippen MR) is 130 cm³/mol. The third-order valence-electron chi connectivity index (χ3n) is 6.27. The number of pyridine rings is 1. The molecule has 2 aromatic heterocycles. The van der Waals surface area contributed by atoms with E-state index in [1.165, 1.54) is 0 Å². The summed E-state index contributed by atoms with van der Waals surface area (Å²) in [6.07, 6.45) is 3.98. The number of nitrogens with zero attached hydrogens (tertiary/aromatic N) is 3. The van der Waals surface area contributed by atoms with Crippen LogP contribution in [0, 0.1) is 0 Å². The number of carbonyl (C=O) groups is 3. The molecule has 1 aliphatic heterocycles. The Hall–Kier alpha value is -3.76. The molecule has 0 saturated carbocycles. The lowest BCUT2D eigenvalue weighted by molar-refractivity contribution is -0.144.